The van der Waals surface area contributed by atoms with Gasteiger partial charge in [-0.2, -0.15) is 9.61 Å². The van der Waals surface area contributed by atoms with E-state index in [1.54, 1.807) is 12.1 Å². The molecular formula is C10H8ClN5O2S2. The molecule has 10 heteroatoms. The van der Waals surface area contributed by atoms with E-state index in [9.17, 15) is 8.42 Å². The summed E-state index contributed by atoms with van der Waals surface area (Å²) < 4.78 is 28.2. The monoisotopic (exact) mass is 329 g/mol. The second kappa shape index (κ2) is 5.09. The van der Waals surface area contributed by atoms with Gasteiger partial charge in [0, 0.05) is 0 Å². The Kier molecular flexibility index (Phi) is 3.42. The minimum Gasteiger partial charge on any atom is -0.207 e. The van der Waals surface area contributed by atoms with E-state index in [4.69, 9.17) is 11.6 Å². The van der Waals surface area contributed by atoms with Gasteiger partial charge in [-0.3, -0.25) is 0 Å². The Balaban J connectivity index is 1.80. The number of benzene rings is 1. The molecular weight excluding hydrogens is 322 g/mol. The second-order valence-corrected chi connectivity index (χ2v) is 6.99. The van der Waals surface area contributed by atoms with Crippen molar-refractivity contribution in [2.24, 2.45) is 0 Å². The lowest BCUT2D eigenvalue weighted by Gasteiger charge is -2.06. The van der Waals surface area contributed by atoms with Crippen LogP contribution in [0.15, 0.2) is 35.5 Å². The highest BCUT2D eigenvalue weighted by Crippen LogP contribution is 2.20. The molecule has 0 aliphatic carbocycles. The van der Waals surface area contributed by atoms with Gasteiger partial charge in [-0.25, -0.2) is 13.1 Å². The van der Waals surface area contributed by atoms with Crippen LogP contribution in [0.4, 0.5) is 0 Å². The molecule has 0 aliphatic heterocycles. The van der Waals surface area contributed by atoms with E-state index >= 15 is 0 Å². The van der Waals surface area contributed by atoms with Crippen LogP contribution < -0.4 is 4.72 Å². The first-order valence-corrected chi connectivity index (χ1v) is 8.14. The van der Waals surface area contributed by atoms with Crippen LogP contribution in [0.5, 0.6) is 0 Å². The summed E-state index contributed by atoms with van der Waals surface area (Å²) in [6, 6.07) is 6.26. The normalized spacial score (nSPS) is 12.1. The maximum absolute atomic E-state index is 12.1. The summed E-state index contributed by atoms with van der Waals surface area (Å²) in [6.07, 6.45) is 1.46. The third-order valence-electron chi connectivity index (χ3n) is 2.47. The van der Waals surface area contributed by atoms with E-state index < -0.39 is 10.0 Å². The van der Waals surface area contributed by atoms with Gasteiger partial charge in [-0.1, -0.05) is 35.1 Å². The lowest BCUT2D eigenvalue weighted by Crippen LogP contribution is -2.23. The molecule has 0 bridgehead atoms. The first kappa shape index (κ1) is 13.4. The molecule has 2 aromatic heterocycles. The molecule has 0 saturated heterocycles. The first-order chi connectivity index (χ1) is 9.56. The second-order valence-electron chi connectivity index (χ2n) is 3.81. The molecule has 0 unspecified atom stereocenters. The number of sulfonamides is 1. The molecule has 1 aromatic carbocycles. The topological polar surface area (TPSA) is 89.2 Å². The first-order valence-electron chi connectivity index (χ1n) is 5.46. The van der Waals surface area contributed by atoms with Crippen molar-refractivity contribution in [3.05, 3.63) is 40.6 Å². The molecule has 1 N–H and O–H groups in total. The average Bonchev–Trinajstić information content (AvgIpc) is 2.97. The molecule has 20 heavy (non-hydrogen) atoms. The fourth-order valence-electron chi connectivity index (χ4n) is 1.57. The number of aromatic nitrogens is 4. The van der Waals surface area contributed by atoms with Crippen molar-refractivity contribution in [2.45, 2.75) is 11.4 Å². The van der Waals surface area contributed by atoms with Gasteiger partial charge in [-0.15, -0.1) is 10.2 Å². The van der Waals surface area contributed by atoms with Gasteiger partial charge in [0.05, 0.1) is 11.6 Å². The number of rotatable bonds is 4. The van der Waals surface area contributed by atoms with Crippen molar-refractivity contribution >= 4 is 37.9 Å². The lowest BCUT2D eigenvalue weighted by molar-refractivity contribution is 0.580. The number of nitrogens with zero attached hydrogens (tertiary/aromatic N) is 4. The maximum Gasteiger partial charge on any atom is 0.242 e. The molecule has 3 rings (SSSR count). The molecule has 0 fully saturated rings. The molecule has 0 radical (unpaired) electrons. The van der Waals surface area contributed by atoms with Crippen LogP contribution in [0.25, 0.3) is 4.96 Å². The molecule has 104 valence electrons. The third-order valence-corrected chi connectivity index (χ3v) is 5.28. The zero-order valence-electron chi connectivity index (χ0n) is 9.89. The summed E-state index contributed by atoms with van der Waals surface area (Å²) in [5.41, 5.74) is 0. The van der Waals surface area contributed by atoms with Gasteiger partial charge in [0.1, 0.15) is 16.2 Å². The van der Waals surface area contributed by atoms with E-state index in [2.05, 4.69) is 20.0 Å². The van der Waals surface area contributed by atoms with Crippen LogP contribution in [0.2, 0.25) is 5.02 Å². The number of hydrogen-bond acceptors (Lipinski definition) is 6. The Hall–Kier alpha value is -1.55. The average molecular weight is 330 g/mol. The summed E-state index contributed by atoms with van der Waals surface area (Å²) in [4.78, 5) is 0.654. The molecule has 0 aliphatic rings. The molecule has 0 atom stereocenters. The van der Waals surface area contributed by atoms with Gasteiger partial charge in [0.15, 0.2) is 0 Å². The zero-order valence-corrected chi connectivity index (χ0v) is 12.3. The predicted octanol–water partition coefficient (Wildman–Crippen LogP) is 1.32. The van der Waals surface area contributed by atoms with E-state index in [0.717, 1.165) is 0 Å². The van der Waals surface area contributed by atoms with Crippen molar-refractivity contribution in [1.82, 2.24) is 24.5 Å². The Labute approximate surface area is 123 Å². The molecule has 7 nitrogen and oxygen atoms in total. The summed E-state index contributed by atoms with van der Waals surface area (Å²) in [7, 11) is -3.67. The van der Waals surface area contributed by atoms with Crippen LogP contribution in [-0.4, -0.2) is 28.2 Å². The lowest BCUT2D eigenvalue weighted by atomic mass is 10.4. The minimum absolute atomic E-state index is 0.0460. The Morgan fingerprint density at radius 3 is 2.90 bits per heavy atom. The molecule has 3 aromatic rings. The van der Waals surface area contributed by atoms with Gasteiger partial charge in [-0.05, 0) is 12.1 Å². The standard InChI is InChI=1S/C10H8ClN5O2S2/c11-7-3-1-2-4-8(7)20(17,18)13-5-9-15-16-6-12-14-10(16)19-9/h1-4,6,13H,5H2. The van der Waals surface area contributed by atoms with E-state index in [1.807, 2.05) is 0 Å². The van der Waals surface area contributed by atoms with Crippen molar-refractivity contribution in [2.75, 3.05) is 0 Å². The van der Waals surface area contributed by atoms with Crippen molar-refractivity contribution < 1.29 is 8.42 Å². The van der Waals surface area contributed by atoms with E-state index in [0.29, 0.717) is 9.97 Å². The van der Waals surface area contributed by atoms with Crippen LogP contribution in [0.1, 0.15) is 5.01 Å². The van der Waals surface area contributed by atoms with Gasteiger partial charge in [0.2, 0.25) is 15.0 Å². The highest BCUT2D eigenvalue weighted by molar-refractivity contribution is 7.89. The molecule has 0 spiro atoms. The zero-order chi connectivity index (χ0) is 14.2. The number of hydrogen-bond donors (Lipinski definition) is 1. The SMILES string of the molecule is O=S(=O)(NCc1nn2cnnc2s1)c1ccccc1Cl. The van der Waals surface area contributed by atoms with Crippen LogP contribution in [0, 0.1) is 0 Å². The Bertz CT molecular complexity index is 829. The van der Waals surface area contributed by atoms with Crippen molar-refractivity contribution in [1.29, 1.82) is 0 Å². The maximum atomic E-state index is 12.1. The summed E-state index contributed by atoms with van der Waals surface area (Å²) in [5.74, 6) is 0. The fourth-order valence-corrected chi connectivity index (χ4v) is 3.92. The largest absolute Gasteiger partial charge is 0.242 e. The van der Waals surface area contributed by atoms with Gasteiger partial charge in [0.25, 0.3) is 0 Å². The van der Waals surface area contributed by atoms with Gasteiger partial charge < -0.3 is 0 Å². The quantitative estimate of drug-likeness (QED) is 0.779. The highest BCUT2D eigenvalue weighted by atomic mass is 35.5. The Morgan fingerprint density at radius 1 is 1.35 bits per heavy atom. The Morgan fingerprint density at radius 2 is 2.15 bits per heavy atom. The van der Waals surface area contributed by atoms with E-state index in [1.165, 1.54) is 34.3 Å². The van der Waals surface area contributed by atoms with Crippen LogP contribution in [0.3, 0.4) is 0 Å². The van der Waals surface area contributed by atoms with Gasteiger partial charge >= 0.3 is 0 Å². The summed E-state index contributed by atoms with van der Waals surface area (Å²) >= 11 is 7.15. The van der Waals surface area contributed by atoms with E-state index in [-0.39, 0.29) is 16.5 Å². The minimum atomic E-state index is -3.67. The smallest absolute Gasteiger partial charge is 0.207 e. The predicted molar refractivity (Wildman–Crippen MR) is 74.1 cm³/mol. The highest BCUT2D eigenvalue weighted by Gasteiger charge is 2.18. The molecule has 0 saturated carbocycles. The molecule has 2 heterocycles. The number of fused-ring (bicyclic) bond motifs is 1. The number of nitrogens with one attached hydrogen (secondary N) is 1. The van der Waals surface area contributed by atoms with Crippen LogP contribution in [-0.2, 0) is 16.6 Å². The number of halogens is 1. The summed E-state index contributed by atoms with van der Waals surface area (Å²) in [6.45, 7) is 0.0710. The summed E-state index contributed by atoms with van der Waals surface area (Å²) in [5, 5.41) is 12.4. The fraction of sp³-hybridized carbons (Fsp3) is 0.100. The van der Waals surface area contributed by atoms with Crippen LogP contribution >= 0.6 is 22.9 Å². The van der Waals surface area contributed by atoms with Crippen molar-refractivity contribution in [3.8, 4) is 0 Å². The molecule has 0 amide bonds. The van der Waals surface area contributed by atoms with Crippen molar-refractivity contribution in [3.63, 3.8) is 0 Å². The third kappa shape index (κ3) is 2.52.